The lowest BCUT2D eigenvalue weighted by Gasteiger charge is -2.18. The Hall–Kier alpha value is -1.10. The van der Waals surface area contributed by atoms with Crippen molar-refractivity contribution in [2.45, 2.75) is 6.04 Å². The Balaban J connectivity index is 2.45. The second-order valence-electron chi connectivity index (χ2n) is 3.87. The molecule has 2 rings (SSSR count). The van der Waals surface area contributed by atoms with Crippen molar-refractivity contribution in [1.82, 2.24) is 10.3 Å². The molecule has 0 bridgehead atoms. The number of nitrogens with two attached hydrogens (primary N) is 1. The minimum Gasteiger partial charge on any atom is -0.383 e. The number of aromatic nitrogens is 1. The summed E-state index contributed by atoms with van der Waals surface area (Å²) in [6, 6.07) is 9.65. The lowest BCUT2D eigenvalue weighted by Crippen LogP contribution is -2.19. The fourth-order valence-electron chi connectivity index (χ4n) is 1.87. The Labute approximate surface area is 119 Å². The fraction of sp³-hybridized carbons (Fsp3) is 0.154. The second-order valence-corrected chi connectivity index (χ2v) is 5.13. The Bertz CT molecular complexity index is 560. The van der Waals surface area contributed by atoms with E-state index >= 15 is 0 Å². The highest BCUT2D eigenvalue weighted by atomic mass is 79.9. The molecule has 0 radical (unpaired) electrons. The summed E-state index contributed by atoms with van der Waals surface area (Å²) in [5, 5.41) is 3.93. The highest BCUT2D eigenvalue weighted by Gasteiger charge is 2.15. The van der Waals surface area contributed by atoms with Gasteiger partial charge in [-0.3, -0.25) is 0 Å². The van der Waals surface area contributed by atoms with Gasteiger partial charge in [-0.2, -0.15) is 0 Å². The van der Waals surface area contributed by atoms with Crippen molar-refractivity contribution in [2.75, 3.05) is 12.8 Å². The SMILES string of the molecule is CNC(c1ccc(Cl)c(Br)c1)c1cccnc1N. The predicted molar refractivity (Wildman–Crippen MR) is 78.7 cm³/mol. The number of nitrogen functional groups attached to an aromatic ring is 1. The molecule has 1 heterocycles. The molecule has 5 heteroatoms. The molecule has 0 fully saturated rings. The van der Waals surface area contributed by atoms with Gasteiger partial charge in [0, 0.05) is 16.2 Å². The molecular weight excluding hydrogens is 314 g/mol. The largest absolute Gasteiger partial charge is 0.383 e. The third-order valence-electron chi connectivity index (χ3n) is 2.75. The van der Waals surface area contributed by atoms with Crippen LogP contribution in [0.5, 0.6) is 0 Å². The highest BCUT2D eigenvalue weighted by molar-refractivity contribution is 9.10. The maximum atomic E-state index is 6.00. The molecule has 1 aromatic heterocycles. The summed E-state index contributed by atoms with van der Waals surface area (Å²) >= 11 is 9.43. The van der Waals surface area contributed by atoms with Crippen LogP contribution in [0.15, 0.2) is 41.0 Å². The Morgan fingerprint density at radius 2 is 2.17 bits per heavy atom. The number of rotatable bonds is 3. The van der Waals surface area contributed by atoms with Gasteiger partial charge in [0.05, 0.1) is 11.1 Å². The van der Waals surface area contributed by atoms with Crippen LogP contribution in [0.2, 0.25) is 5.02 Å². The summed E-state index contributed by atoms with van der Waals surface area (Å²) in [6.07, 6.45) is 1.68. The Kier molecular flexibility index (Phi) is 4.22. The zero-order valence-electron chi connectivity index (χ0n) is 9.82. The van der Waals surface area contributed by atoms with Gasteiger partial charge in [0.15, 0.2) is 0 Å². The molecule has 1 atom stereocenters. The molecule has 0 spiro atoms. The zero-order valence-corrected chi connectivity index (χ0v) is 12.2. The summed E-state index contributed by atoms with van der Waals surface area (Å²) < 4.78 is 0.865. The smallest absolute Gasteiger partial charge is 0.128 e. The maximum absolute atomic E-state index is 6.00. The van der Waals surface area contributed by atoms with Gasteiger partial charge in [0.25, 0.3) is 0 Å². The van der Waals surface area contributed by atoms with E-state index in [-0.39, 0.29) is 6.04 Å². The average molecular weight is 327 g/mol. The van der Waals surface area contributed by atoms with E-state index in [2.05, 4.69) is 26.2 Å². The van der Waals surface area contributed by atoms with E-state index in [9.17, 15) is 0 Å². The van der Waals surface area contributed by atoms with Gasteiger partial charge >= 0.3 is 0 Å². The van der Waals surface area contributed by atoms with Crippen molar-refractivity contribution in [3.8, 4) is 0 Å². The van der Waals surface area contributed by atoms with Crippen LogP contribution in [-0.2, 0) is 0 Å². The zero-order chi connectivity index (χ0) is 13.1. The number of nitrogens with one attached hydrogen (secondary N) is 1. The van der Waals surface area contributed by atoms with E-state index in [1.165, 1.54) is 0 Å². The van der Waals surface area contributed by atoms with Crippen LogP contribution in [0, 0.1) is 0 Å². The Morgan fingerprint density at radius 3 is 2.78 bits per heavy atom. The van der Waals surface area contributed by atoms with E-state index in [0.717, 1.165) is 15.6 Å². The van der Waals surface area contributed by atoms with Gasteiger partial charge in [-0.15, -0.1) is 0 Å². The first kappa shape index (κ1) is 13.3. The number of hydrogen-bond acceptors (Lipinski definition) is 3. The minimum atomic E-state index is -0.00716. The molecule has 0 aliphatic carbocycles. The molecule has 3 nitrogen and oxygen atoms in total. The fourth-order valence-corrected chi connectivity index (χ4v) is 2.38. The van der Waals surface area contributed by atoms with Crippen molar-refractivity contribution < 1.29 is 0 Å². The van der Waals surface area contributed by atoms with Crippen LogP contribution in [0.1, 0.15) is 17.2 Å². The van der Waals surface area contributed by atoms with Crippen LogP contribution in [-0.4, -0.2) is 12.0 Å². The molecule has 3 N–H and O–H groups in total. The predicted octanol–water partition coefficient (Wildman–Crippen LogP) is 3.39. The Morgan fingerprint density at radius 1 is 1.39 bits per heavy atom. The third-order valence-corrected chi connectivity index (χ3v) is 3.96. The van der Waals surface area contributed by atoms with Crippen molar-refractivity contribution in [2.24, 2.45) is 0 Å². The molecule has 0 saturated heterocycles. The van der Waals surface area contributed by atoms with Gasteiger partial charge in [-0.25, -0.2) is 4.98 Å². The molecule has 0 aliphatic rings. The van der Waals surface area contributed by atoms with Crippen molar-refractivity contribution in [1.29, 1.82) is 0 Å². The maximum Gasteiger partial charge on any atom is 0.128 e. The summed E-state index contributed by atoms with van der Waals surface area (Å²) in [6.45, 7) is 0. The molecule has 0 saturated carbocycles. The lowest BCUT2D eigenvalue weighted by atomic mass is 9.99. The quantitative estimate of drug-likeness (QED) is 0.909. The molecule has 18 heavy (non-hydrogen) atoms. The van der Waals surface area contributed by atoms with Crippen LogP contribution >= 0.6 is 27.5 Å². The molecule has 1 aromatic carbocycles. The molecular formula is C13H13BrClN3. The molecule has 0 amide bonds. The molecule has 2 aromatic rings. The summed E-state index contributed by atoms with van der Waals surface area (Å²) in [4.78, 5) is 4.11. The van der Waals surface area contributed by atoms with Crippen LogP contribution < -0.4 is 11.1 Å². The summed E-state index contributed by atoms with van der Waals surface area (Å²) in [5.41, 5.74) is 7.94. The first-order valence-corrected chi connectivity index (χ1v) is 6.63. The van der Waals surface area contributed by atoms with Gasteiger partial charge in [0.1, 0.15) is 5.82 Å². The van der Waals surface area contributed by atoms with E-state index < -0.39 is 0 Å². The number of hydrogen-bond donors (Lipinski definition) is 2. The van der Waals surface area contributed by atoms with Crippen LogP contribution in [0.25, 0.3) is 0 Å². The third kappa shape index (κ3) is 2.66. The summed E-state index contributed by atoms with van der Waals surface area (Å²) in [5.74, 6) is 0.530. The van der Waals surface area contributed by atoms with Crippen LogP contribution in [0.4, 0.5) is 5.82 Å². The average Bonchev–Trinajstić information content (AvgIpc) is 2.37. The number of nitrogens with zero attached hydrogens (tertiary/aromatic N) is 1. The first-order chi connectivity index (χ1) is 8.63. The highest BCUT2D eigenvalue weighted by Crippen LogP contribution is 2.30. The number of pyridine rings is 1. The van der Waals surface area contributed by atoms with Gasteiger partial charge < -0.3 is 11.1 Å². The monoisotopic (exact) mass is 325 g/mol. The normalized spacial score (nSPS) is 12.4. The van der Waals surface area contributed by atoms with Crippen LogP contribution in [0.3, 0.4) is 0 Å². The topological polar surface area (TPSA) is 50.9 Å². The van der Waals surface area contributed by atoms with E-state index in [4.69, 9.17) is 17.3 Å². The van der Waals surface area contributed by atoms with Gasteiger partial charge in [-0.05, 0) is 46.7 Å². The van der Waals surface area contributed by atoms with Crippen molar-refractivity contribution >= 4 is 33.3 Å². The number of benzene rings is 1. The first-order valence-electron chi connectivity index (χ1n) is 5.46. The van der Waals surface area contributed by atoms with Gasteiger partial charge in [-0.1, -0.05) is 23.7 Å². The lowest BCUT2D eigenvalue weighted by molar-refractivity contribution is 0.691. The molecule has 1 unspecified atom stereocenters. The van der Waals surface area contributed by atoms with Crippen molar-refractivity contribution in [3.05, 3.63) is 57.2 Å². The second kappa shape index (κ2) is 5.69. The molecule has 0 aliphatic heterocycles. The minimum absolute atomic E-state index is 0.00716. The van der Waals surface area contributed by atoms with E-state index in [0.29, 0.717) is 10.8 Å². The molecule has 94 valence electrons. The van der Waals surface area contributed by atoms with Crippen molar-refractivity contribution in [3.63, 3.8) is 0 Å². The number of anilines is 1. The van der Waals surface area contributed by atoms with Gasteiger partial charge in [0.2, 0.25) is 0 Å². The van der Waals surface area contributed by atoms with E-state index in [1.54, 1.807) is 6.20 Å². The number of halogens is 2. The van der Waals surface area contributed by atoms with E-state index in [1.807, 2.05) is 37.4 Å². The summed E-state index contributed by atoms with van der Waals surface area (Å²) in [7, 11) is 1.89. The standard InChI is InChI=1S/C13H13BrClN3/c1-17-12(9-3-2-6-18-13(9)16)8-4-5-11(15)10(14)7-8/h2-7,12,17H,1H3,(H2,16,18).